The first-order valence-electron chi connectivity index (χ1n) is 6.26. The molecule has 0 aromatic carbocycles. The summed E-state index contributed by atoms with van der Waals surface area (Å²) in [5.74, 6) is 5.44. The molecule has 0 aliphatic rings. The second kappa shape index (κ2) is 6.25. The number of hydrogen-bond acceptors (Lipinski definition) is 4. The predicted molar refractivity (Wildman–Crippen MR) is 85.4 cm³/mol. The molecular formula is C15H14ClN3OS. The second-order valence-electron chi connectivity index (χ2n) is 4.83. The number of carbonyl (C=O) groups is 1. The van der Waals surface area contributed by atoms with Gasteiger partial charge in [0.1, 0.15) is 9.88 Å². The highest BCUT2D eigenvalue weighted by Crippen LogP contribution is 2.30. The molecule has 0 bridgehead atoms. The number of hydrogen-bond donors (Lipinski definition) is 1. The number of carbonyl (C=O) groups excluding carboxylic acids is 1. The molecule has 0 saturated carbocycles. The van der Waals surface area contributed by atoms with Crippen molar-refractivity contribution in [2.75, 3.05) is 0 Å². The van der Waals surface area contributed by atoms with E-state index in [1.165, 1.54) is 11.3 Å². The average molecular weight is 320 g/mol. The van der Waals surface area contributed by atoms with Crippen LogP contribution in [-0.2, 0) is 0 Å². The van der Waals surface area contributed by atoms with E-state index in [-0.39, 0.29) is 11.1 Å². The van der Waals surface area contributed by atoms with Gasteiger partial charge in [-0.15, -0.1) is 17.3 Å². The first-order chi connectivity index (χ1) is 9.93. The Hall–Kier alpha value is -1.90. The van der Waals surface area contributed by atoms with Crippen molar-refractivity contribution in [1.82, 2.24) is 15.3 Å². The lowest BCUT2D eigenvalue weighted by molar-refractivity contribution is 0.0934. The summed E-state index contributed by atoms with van der Waals surface area (Å²) in [4.78, 5) is 20.9. The van der Waals surface area contributed by atoms with Crippen LogP contribution < -0.4 is 5.32 Å². The van der Waals surface area contributed by atoms with Crippen LogP contribution in [0.1, 0.15) is 30.4 Å². The highest BCUT2D eigenvalue weighted by Gasteiger charge is 2.23. The molecule has 4 nitrogen and oxygen atoms in total. The van der Waals surface area contributed by atoms with E-state index < -0.39 is 5.54 Å². The molecule has 2 heterocycles. The highest BCUT2D eigenvalue weighted by molar-refractivity contribution is 7.17. The van der Waals surface area contributed by atoms with Crippen molar-refractivity contribution in [2.45, 2.75) is 26.3 Å². The van der Waals surface area contributed by atoms with E-state index in [2.05, 4.69) is 27.1 Å². The molecule has 0 fully saturated rings. The zero-order chi connectivity index (χ0) is 15.5. The summed E-state index contributed by atoms with van der Waals surface area (Å²) in [6.07, 6.45) is 3.36. The van der Waals surface area contributed by atoms with Crippen molar-refractivity contribution in [3.63, 3.8) is 0 Å². The van der Waals surface area contributed by atoms with Gasteiger partial charge in [0.2, 0.25) is 0 Å². The van der Waals surface area contributed by atoms with E-state index >= 15 is 0 Å². The molecule has 2 rings (SSSR count). The minimum absolute atomic E-state index is 0.191. The van der Waals surface area contributed by atoms with Gasteiger partial charge in [-0.3, -0.25) is 9.78 Å². The average Bonchev–Trinajstić information content (AvgIpc) is 2.81. The van der Waals surface area contributed by atoms with Crippen molar-refractivity contribution in [3.8, 4) is 22.4 Å². The molecule has 2 aromatic rings. The van der Waals surface area contributed by atoms with Crippen LogP contribution >= 0.6 is 22.9 Å². The Bertz CT molecular complexity index is 714. The SMILES string of the molecule is CC#CC(C)(C)NC(=O)c1sc(-c2cccnc2)nc1Cl. The number of rotatable bonds is 3. The molecule has 21 heavy (non-hydrogen) atoms. The van der Waals surface area contributed by atoms with Crippen LogP contribution in [0.3, 0.4) is 0 Å². The van der Waals surface area contributed by atoms with Gasteiger partial charge in [-0.25, -0.2) is 4.98 Å². The van der Waals surface area contributed by atoms with Crippen LogP contribution in [0.25, 0.3) is 10.6 Å². The van der Waals surface area contributed by atoms with E-state index in [0.717, 1.165) is 5.56 Å². The summed E-state index contributed by atoms with van der Waals surface area (Å²) in [5, 5.41) is 3.69. The maximum atomic E-state index is 12.3. The second-order valence-corrected chi connectivity index (χ2v) is 6.19. The smallest absolute Gasteiger partial charge is 0.265 e. The molecule has 0 saturated heterocycles. The predicted octanol–water partition coefficient (Wildman–Crippen LogP) is 3.39. The maximum Gasteiger partial charge on any atom is 0.265 e. The van der Waals surface area contributed by atoms with Crippen LogP contribution in [0.2, 0.25) is 5.15 Å². The summed E-state index contributed by atoms with van der Waals surface area (Å²) >= 11 is 7.31. The van der Waals surface area contributed by atoms with E-state index in [0.29, 0.717) is 9.88 Å². The molecule has 0 unspecified atom stereocenters. The lowest BCUT2D eigenvalue weighted by atomic mass is 10.1. The zero-order valence-electron chi connectivity index (χ0n) is 11.9. The summed E-state index contributed by atoms with van der Waals surface area (Å²) < 4.78 is 0. The fourth-order valence-electron chi connectivity index (χ4n) is 1.74. The van der Waals surface area contributed by atoms with Gasteiger partial charge in [0.15, 0.2) is 5.15 Å². The van der Waals surface area contributed by atoms with Crippen molar-refractivity contribution in [2.24, 2.45) is 0 Å². The molecule has 0 atom stereocenters. The largest absolute Gasteiger partial charge is 0.335 e. The molecule has 1 amide bonds. The third-order valence-corrected chi connectivity index (χ3v) is 4.05. The topological polar surface area (TPSA) is 54.9 Å². The number of nitrogens with one attached hydrogen (secondary N) is 1. The van der Waals surface area contributed by atoms with E-state index in [1.807, 2.05) is 26.0 Å². The summed E-state index contributed by atoms with van der Waals surface area (Å²) in [7, 11) is 0. The van der Waals surface area contributed by atoms with Gasteiger partial charge >= 0.3 is 0 Å². The van der Waals surface area contributed by atoms with Gasteiger partial charge in [-0.2, -0.15) is 0 Å². The van der Waals surface area contributed by atoms with Crippen LogP contribution in [0, 0.1) is 11.8 Å². The normalized spacial score (nSPS) is 10.7. The van der Waals surface area contributed by atoms with E-state index in [4.69, 9.17) is 11.6 Å². The third kappa shape index (κ3) is 3.81. The summed E-state index contributed by atoms with van der Waals surface area (Å²) in [6.45, 7) is 5.39. The highest BCUT2D eigenvalue weighted by atomic mass is 35.5. The first-order valence-corrected chi connectivity index (χ1v) is 7.45. The van der Waals surface area contributed by atoms with Crippen LogP contribution in [0.4, 0.5) is 0 Å². The summed E-state index contributed by atoms with van der Waals surface area (Å²) in [6, 6.07) is 3.68. The molecule has 2 aromatic heterocycles. The van der Waals surface area contributed by atoms with Crippen LogP contribution in [-0.4, -0.2) is 21.4 Å². The van der Waals surface area contributed by atoms with Crippen LogP contribution in [0.5, 0.6) is 0 Å². The van der Waals surface area contributed by atoms with Crippen LogP contribution in [0.15, 0.2) is 24.5 Å². The fraction of sp³-hybridized carbons (Fsp3) is 0.267. The monoisotopic (exact) mass is 319 g/mol. The molecule has 108 valence electrons. The van der Waals surface area contributed by atoms with Crippen molar-refractivity contribution in [3.05, 3.63) is 34.6 Å². The molecule has 0 aliphatic carbocycles. The van der Waals surface area contributed by atoms with Gasteiger partial charge in [-0.1, -0.05) is 17.5 Å². The number of halogens is 1. The molecule has 0 radical (unpaired) electrons. The van der Waals surface area contributed by atoms with Crippen molar-refractivity contribution >= 4 is 28.8 Å². The van der Waals surface area contributed by atoms with Crippen molar-refractivity contribution < 1.29 is 4.79 Å². The Balaban J connectivity index is 2.27. The van der Waals surface area contributed by atoms with Gasteiger partial charge < -0.3 is 5.32 Å². The van der Waals surface area contributed by atoms with Gasteiger partial charge in [0.25, 0.3) is 5.91 Å². The number of amides is 1. The number of nitrogens with zero attached hydrogens (tertiary/aromatic N) is 2. The van der Waals surface area contributed by atoms with Gasteiger partial charge in [0.05, 0.1) is 5.54 Å². The molecule has 1 N–H and O–H groups in total. The standard InChI is InChI=1S/C15H14ClN3OS/c1-4-7-15(2,3)19-13(20)11-12(16)18-14(21-11)10-6-5-8-17-9-10/h5-6,8-9H,1-3H3,(H,19,20). The molecule has 0 spiro atoms. The number of aromatic nitrogens is 2. The quantitative estimate of drug-likeness (QED) is 0.882. The maximum absolute atomic E-state index is 12.3. The minimum atomic E-state index is -0.617. The summed E-state index contributed by atoms with van der Waals surface area (Å²) in [5.41, 5.74) is 0.212. The zero-order valence-corrected chi connectivity index (χ0v) is 13.5. The Kier molecular flexibility index (Phi) is 4.61. The Morgan fingerprint density at radius 1 is 1.48 bits per heavy atom. The molecule has 0 aliphatic heterocycles. The van der Waals surface area contributed by atoms with E-state index in [1.54, 1.807) is 19.3 Å². The van der Waals surface area contributed by atoms with Gasteiger partial charge in [-0.05, 0) is 32.9 Å². The van der Waals surface area contributed by atoms with E-state index in [9.17, 15) is 4.79 Å². The third-order valence-electron chi connectivity index (χ3n) is 2.56. The lowest BCUT2D eigenvalue weighted by Gasteiger charge is -2.19. The van der Waals surface area contributed by atoms with Gasteiger partial charge in [0, 0.05) is 18.0 Å². The fourth-order valence-corrected chi connectivity index (χ4v) is 2.92. The number of thiazole rings is 1. The Morgan fingerprint density at radius 2 is 2.24 bits per heavy atom. The Morgan fingerprint density at radius 3 is 2.86 bits per heavy atom. The first kappa shape index (κ1) is 15.5. The lowest BCUT2D eigenvalue weighted by Crippen LogP contribution is -2.42. The van der Waals surface area contributed by atoms with Crippen molar-refractivity contribution in [1.29, 1.82) is 0 Å². The Labute approximate surface area is 132 Å². The molecular weight excluding hydrogens is 306 g/mol. The minimum Gasteiger partial charge on any atom is -0.335 e. The number of pyridine rings is 1. The molecule has 6 heteroatoms.